The minimum Gasteiger partial charge on any atom is -0.399 e. The monoisotopic (exact) mass is 505 g/mol. The summed E-state index contributed by atoms with van der Waals surface area (Å²) in [6, 6.07) is 12.2. The Hall–Kier alpha value is -4.67. The van der Waals surface area contributed by atoms with Gasteiger partial charge in [0.1, 0.15) is 0 Å². The number of nitrogens with one attached hydrogen (secondary N) is 1. The van der Waals surface area contributed by atoms with Crippen LogP contribution in [-0.4, -0.2) is 30.3 Å². The van der Waals surface area contributed by atoms with E-state index in [1.807, 2.05) is 26.0 Å². The summed E-state index contributed by atoms with van der Waals surface area (Å²) in [6.45, 7) is 5.04. The molecule has 1 amide bonds. The minimum atomic E-state index is -4.52. The molecular weight excluding hydrogens is 483 g/mol. The molecule has 0 saturated heterocycles. The molecule has 0 radical (unpaired) electrons. The van der Waals surface area contributed by atoms with Crippen molar-refractivity contribution in [1.29, 1.82) is 0 Å². The number of benzene rings is 2. The van der Waals surface area contributed by atoms with Crippen molar-refractivity contribution in [2.45, 2.75) is 26.9 Å². The number of rotatable bonds is 4. The lowest BCUT2D eigenvalue weighted by Gasteiger charge is -2.16. The van der Waals surface area contributed by atoms with Gasteiger partial charge in [0.05, 0.1) is 23.1 Å². The molecule has 3 N–H and O–H groups in total. The fraction of sp³-hybridized carbons (Fsp3) is 0.154. The fourth-order valence-corrected chi connectivity index (χ4v) is 4.32. The maximum atomic E-state index is 13.6. The number of amides is 1. The predicted octanol–water partition coefficient (Wildman–Crippen LogP) is 5.43. The number of nitrogens with two attached hydrogens (primary N) is 1. The summed E-state index contributed by atoms with van der Waals surface area (Å²) < 4.78 is 43.9. The fourth-order valence-electron chi connectivity index (χ4n) is 4.32. The lowest BCUT2D eigenvalue weighted by atomic mass is 9.95. The predicted molar refractivity (Wildman–Crippen MR) is 134 cm³/mol. The van der Waals surface area contributed by atoms with Crippen LogP contribution in [0.1, 0.15) is 23.6 Å². The number of nitrogen functional groups attached to an aromatic ring is 1. The van der Waals surface area contributed by atoms with E-state index in [0.29, 0.717) is 33.6 Å². The molecule has 0 spiro atoms. The second-order valence-electron chi connectivity index (χ2n) is 8.69. The van der Waals surface area contributed by atoms with E-state index in [9.17, 15) is 18.0 Å². The number of aryl methyl sites for hydroxylation is 1. The Labute approximate surface area is 209 Å². The average molecular weight is 506 g/mol. The summed E-state index contributed by atoms with van der Waals surface area (Å²) in [5.41, 5.74) is 10.4. The number of hydrogen-bond acceptors (Lipinski definition) is 5. The highest BCUT2D eigenvalue weighted by Crippen LogP contribution is 2.39. The van der Waals surface area contributed by atoms with Crippen molar-refractivity contribution in [1.82, 2.24) is 24.4 Å². The van der Waals surface area contributed by atoms with Crippen LogP contribution in [0.25, 0.3) is 33.7 Å². The Morgan fingerprint density at radius 2 is 1.81 bits per heavy atom. The van der Waals surface area contributed by atoms with E-state index in [0.717, 1.165) is 29.1 Å². The highest BCUT2D eigenvalue weighted by atomic mass is 19.4. The molecule has 5 aromatic rings. The molecule has 0 bridgehead atoms. The minimum absolute atomic E-state index is 0.0426. The summed E-state index contributed by atoms with van der Waals surface area (Å²) in [5, 5.41) is 11.4. The number of alkyl halides is 3. The molecule has 37 heavy (non-hydrogen) atoms. The zero-order valence-corrected chi connectivity index (χ0v) is 20.1. The van der Waals surface area contributed by atoms with Crippen LogP contribution in [0.5, 0.6) is 0 Å². The molecule has 0 atom stereocenters. The van der Waals surface area contributed by atoms with E-state index < -0.39 is 11.7 Å². The number of pyridine rings is 1. The molecule has 3 aromatic heterocycles. The molecule has 3 heterocycles. The van der Waals surface area contributed by atoms with Crippen LogP contribution < -0.4 is 11.1 Å². The molecular formula is C26H22F3N7O. The van der Waals surface area contributed by atoms with Gasteiger partial charge in [0.2, 0.25) is 11.9 Å². The third kappa shape index (κ3) is 4.39. The summed E-state index contributed by atoms with van der Waals surface area (Å²) in [4.78, 5) is 16.1. The number of nitrogens with zero attached hydrogens (tertiary/aromatic N) is 5. The molecule has 0 aliphatic rings. The van der Waals surface area contributed by atoms with Gasteiger partial charge in [0.15, 0.2) is 5.65 Å². The lowest BCUT2D eigenvalue weighted by molar-refractivity contribution is -0.137. The van der Waals surface area contributed by atoms with Gasteiger partial charge in [0.25, 0.3) is 0 Å². The largest absolute Gasteiger partial charge is 0.416 e. The number of anilines is 2. The number of fused-ring (bicyclic) bond motifs is 1. The van der Waals surface area contributed by atoms with E-state index in [1.54, 1.807) is 35.3 Å². The van der Waals surface area contributed by atoms with Crippen LogP contribution >= 0.6 is 0 Å². The lowest BCUT2D eigenvalue weighted by Crippen LogP contribution is -2.07. The number of carbonyl (C=O) groups excluding carboxylic acids is 1. The summed E-state index contributed by atoms with van der Waals surface area (Å²) >= 11 is 0. The SMILES string of the molecule is CC(=O)Nc1nc2c(-c3cccc(C(F)(F)F)c3)c(C)c(-c3c(C)cnn3-c3ccc(N)cc3)cn2n1. The van der Waals surface area contributed by atoms with Gasteiger partial charge in [-0.2, -0.15) is 23.3 Å². The third-order valence-corrected chi connectivity index (χ3v) is 6.00. The van der Waals surface area contributed by atoms with Crippen molar-refractivity contribution in [2.75, 3.05) is 11.1 Å². The normalized spacial score (nSPS) is 11.7. The first-order valence-electron chi connectivity index (χ1n) is 11.3. The van der Waals surface area contributed by atoms with Gasteiger partial charge in [-0.1, -0.05) is 12.1 Å². The Bertz CT molecular complexity index is 1650. The molecule has 0 aliphatic carbocycles. The molecule has 0 unspecified atom stereocenters. The Kier molecular flexibility index (Phi) is 5.70. The van der Waals surface area contributed by atoms with Crippen molar-refractivity contribution in [2.24, 2.45) is 0 Å². The summed E-state index contributed by atoms with van der Waals surface area (Å²) in [5.74, 6) is -0.327. The highest BCUT2D eigenvalue weighted by molar-refractivity contribution is 5.90. The first kappa shape index (κ1) is 24.0. The molecule has 5 rings (SSSR count). The summed E-state index contributed by atoms with van der Waals surface area (Å²) in [7, 11) is 0. The molecule has 0 fully saturated rings. The molecule has 11 heteroatoms. The van der Waals surface area contributed by atoms with Gasteiger partial charge in [-0.05, 0) is 66.9 Å². The van der Waals surface area contributed by atoms with Crippen LogP contribution in [-0.2, 0) is 11.0 Å². The first-order chi connectivity index (χ1) is 17.5. The van der Waals surface area contributed by atoms with E-state index >= 15 is 0 Å². The topological polar surface area (TPSA) is 103 Å². The quantitative estimate of drug-likeness (QED) is 0.317. The van der Waals surface area contributed by atoms with Crippen molar-refractivity contribution in [3.63, 3.8) is 0 Å². The van der Waals surface area contributed by atoms with Gasteiger partial charge in [-0.25, -0.2) is 9.20 Å². The van der Waals surface area contributed by atoms with Crippen LogP contribution in [0, 0.1) is 13.8 Å². The number of halogens is 3. The maximum Gasteiger partial charge on any atom is 0.416 e. The average Bonchev–Trinajstić information content (AvgIpc) is 3.40. The Morgan fingerprint density at radius 3 is 2.49 bits per heavy atom. The van der Waals surface area contributed by atoms with Gasteiger partial charge >= 0.3 is 6.18 Å². The van der Waals surface area contributed by atoms with E-state index in [2.05, 4.69) is 20.5 Å². The van der Waals surface area contributed by atoms with Crippen molar-refractivity contribution in [3.05, 3.63) is 77.6 Å². The van der Waals surface area contributed by atoms with Crippen molar-refractivity contribution < 1.29 is 18.0 Å². The van der Waals surface area contributed by atoms with Crippen molar-refractivity contribution in [3.8, 4) is 28.1 Å². The Balaban J connectivity index is 1.81. The van der Waals surface area contributed by atoms with E-state index in [1.165, 1.54) is 17.5 Å². The van der Waals surface area contributed by atoms with Gasteiger partial charge in [-0.3, -0.25) is 10.1 Å². The number of aromatic nitrogens is 5. The molecule has 8 nitrogen and oxygen atoms in total. The molecule has 0 aliphatic heterocycles. The standard InChI is InChI=1S/C26H22F3N7O/c1-14-12-31-36(20-9-7-19(30)8-10-20)23(14)21-13-35-24(33-25(34-35)32-16(3)37)22(15(21)2)17-5-4-6-18(11-17)26(27,28)29/h4-13H,30H2,1-3H3,(H,32,34,37). The smallest absolute Gasteiger partial charge is 0.399 e. The second kappa shape index (κ2) is 8.77. The zero-order chi connectivity index (χ0) is 26.5. The first-order valence-corrected chi connectivity index (χ1v) is 11.3. The zero-order valence-electron chi connectivity index (χ0n) is 20.1. The van der Waals surface area contributed by atoms with Crippen LogP contribution in [0.3, 0.4) is 0 Å². The van der Waals surface area contributed by atoms with Gasteiger partial charge in [0, 0.05) is 29.9 Å². The second-order valence-corrected chi connectivity index (χ2v) is 8.69. The molecule has 0 saturated carbocycles. The Morgan fingerprint density at radius 1 is 1.08 bits per heavy atom. The molecule has 188 valence electrons. The molecule has 2 aromatic carbocycles. The van der Waals surface area contributed by atoms with Crippen LogP contribution in [0.2, 0.25) is 0 Å². The highest BCUT2D eigenvalue weighted by Gasteiger charge is 2.31. The summed E-state index contributed by atoms with van der Waals surface area (Å²) in [6.07, 6.45) is -1.07. The van der Waals surface area contributed by atoms with Gasteiger partial charge < -0.3 is 5.73 Å². The van der Waals surface area contributed by atoms with Crippen LogP contribution in [0.15, 0.2) is 60.9 Å². The van der Waals surface area contributed by atoms with Gasteiger partial charge in [-0.15, -0.1) is 5.10 Å². The van der Waals surface area contributed by atoms with Crippen molar-refractivity contribution >= 4 is 23.2 Å². The van der Waals surface area contributed by atoms with E-state index in [-0.39, 0.29) is 11.9 Å². The maximum absolute atomic E-state index is 13.6. The number of hydrogen-bond donors (Lipinski definition) is 2. The van der Waals surface area contributed by atoms with E-state index in [4.69, 9.17) is 5.73 Å². The third-order valence-electron chi connectivity index (χ3n) is 6.00. The number of carbonyl (C=O) groups is 1. The van der Waals surface area contributed by atoms with Crippen LogP contribution in [0.4, 0.5) is 24.8 Å².